The van der Waals surface area contributed by atoms with Crippen LogP contribution in [-0.2, 0) is 18.0 Å². The molecule has 5 rings (SSSR count). The van der Waals surface area contributed by atoms with Crippen LogP contribution >= 0.6 is 0 Å². The number of halogens is 5. The Labute approximate surface area is 214 Å². The Kier molecular flexibility index (Phi) is 6.24. The summed E-state index contributed by atoms with van der Waals surface area (Å²) in [6.07, 6.45) is -0.347. The molecular weight excluding hydrogens is 507 g/mol. The average molecular weight is 531 g/mol. The molecule has 13 heteroatoms. The van der Waals surface area contributed by atoms with E-state index in [9.17, 15) is 27.2 Å². The highest BCUT2D eigenvalue weighted by Gasteiger charge is 2.47. The van der Waals surface area contributed by atoms with Crippen LogP contribution in [0.5, 0.6) is 0 Å². The summed E-state index contributed by atoms with van der Waals surface area (Å²) >= 11 is 0. The van der Waals surface area contributed by atoms with Crippen molar-refractivity contribution >= 4 is 11.6 Å². The zero-order valence-electron chi connectivity index (χ0n) is 20.4. The highest BCUT2D eigenvalue weighted by molar-refractivity contribution is 5.58. The normalized spacial score (nSPS) is 21.6. The number of hydrogen-bond acceptors (Lipinski definition) is 8. The minimum absolute atomic E-state index is 0.0398. The van der Waals surface area contributed by atoms with E-state index in [1.165, 1.54) is 6.07 Å². The maximum Gasteiger partial charge on any atom is 0.451 e. The fourth-order valence-electron chi connectivity index (χ4n) is 4.68. The molecule has 2 saturated carbocycles. The first-order chi connectivity index (χ1) is 17.9. The van der Waals surface area contributed by atoms with Gasteiger partial charge in [-0.3, -0.25) is 4.98 Å². The molecule has 0 radical (unpaired) electrons. The van der Waals surface area contributed by atoms with E-state index in [4.69, 9.17) is 0 Å². The molecule has 1 atom stereocenters. The van der Waals surface area contributed by atoms with E-state index in [-0.39, 0.29) is 42.6 Å². The summed E-state index contributed by atoms with van der Waals surface area (Å²) < 4.78 is 67.4. The van der Waals surface area contributed by atoms with Gasteiger partial charge in [-0.1, -0.05) is 6.92 Å². The fourth-order valence-corrected chi connectivity index (χ4v) is 4.68. The molecule has 0 amide bonds. The van der Waals surface area contributed by atoms with Gasteiger partial charge in [-0.2, -0.15) is 28.4 Å². The Morgan fingerprint density at radius 3 is 2.42 bits per heavy atom. The maximum absolute atomic E-state index is 13.9. The fraction of sp³-hybridized carbons (Fsp3) is 0.480. The van der Waals surface area contributed by atoms with Crippen LogP contribution in [-0.4, -0.2) is 35.8 Å². The molecule has 8 nitrogen and oxygen atoms in total. The van der Waals surface area contributed by atoms with Gasteiger partial charge in [0.15, 0.2) is 5.82 Å². The molecule has 0 aromatic carbocycles. The van der Waals surface area contributed by atoms with Gasteiger partial charge in [0.05, 0.1) is 17.2 Å². The average Bonchev–Trinajstić information content (AvgIpc) is 3.62. The standard InChI is InChI=1S/C25H23F5N8/c1-22(6-9-24(26,27)13-22)5-2-18-36-19(16-4-11-33-20(35-16)25(28,29)30)38-21(37-18)34-15-3-10-32-17(12-15)23(14-31)7-8-23/h3-4,10-12H,2,5-9,13H2,1H3,(H,32,34,36,37,38)/t22-/m1/s1. The number of hydrogen-bond donors (Lipinski definition) is 1. The Morgan fingerprint density at radius 2 is 1.76 bits per heavy atom. The third kappa shape index (κ3) is 5.54. The predicted octanol–water partition coefficient (Wildman–Crippen LogP) is 5.80. The molecule has 0 bridgehead atoms. The van der Waals surface area contributed by atoms with Gasteiger partial charge in [0, 0.05) is 37.3 Å². The number of rotatable bonds is 7. The molecule has 1 N–H and O–H groups in total. The zero-order valence-corrected chi connectivity index (χ0v) is 20.4. The monoisotopic (exact) mass is 530 g/mol. The predicted molar refractivity (Wildman–Crippen MR) is 125 cm³/mol. The molecule has 3 aromatic rings. The first kappa shape index (κ1) is 25.8. The van der Waals surface area contributed by atoms with Gasteiger partial charge >= 0.3 is 6.18 Å². The summed E-state index contributed by atoms with van der Waals surface area (Å²) in [6.45, 7) is 1.79. The Bertz CT molecular complexity index is 1400. The summed E-state index contributed by atoms with van der Waals surface area (Å²) in [4.78, 5) is 24.1. The van der Waals surface area contributed by atoms with Crippen LogP contribution in [0.2, 0.25) is 0 Å². The molecule has 2 aliphatic carbocycles. The van der Waals surface area contributed by atoms with Gasteiger partial charge in [0.1, 0.15) is 11.5 Å². The summed E-state index contributed by atoms with van der Waals surface area (Å²) in [6, 6.07) is 6.88. The zero-order chi connectivity index (χ0) is 27.2. The van der Waals surface area contributed by atoms with Crippen LogP contribution in [0.25, 0.3) is 11.5 Å². The number of aromatic nitrogens is 6. The van der Waals surface area contributed by atoms with E-state index in [2.05, 4.69) is 41.3 Å². The van der Waals surface area contributed by atoms with Crippen LogP contribution in [0.15, 0.2) is 30.6 Å². The number of pyridine rings is 1. The minimum Gasteiger partial charge on any atom is -0.324 e. The Hall–Kier alpha value is -3.82. The number of nitrogens with one attached hydrogen (secondary N) is 1. The van der Waals surface area contributed by atoms with Gasteiger partial charge in [-0.15, -0.1) is 0 Å². The largest absolute Gasteiger partial charge is 0.451 e. The van der Waals surface area contributed by atoms with Crippen LogP contribution in [0.1, 0.15) is 62.8 Å². The number of alkyl halides is 5. The first-order valence-corrected chi connectivity index (χ1v) is 12.1. The van der Waals surface area contributed by atoms with Crippen molar-refractivity contribution in [1.82, 2.24) is 29.9 Å². The first-order valence-electron chi connectivity index (χ1n) is 12.1. The van der Waals surface area contributed by atoms with Crippen LogP contribution in [0.3, 0.4) is 0 Å². The van der Waals surface area contributed by atoms with E-state index in [0.29, 0.717) is 37.1 Å². The second-order valence-electron chi connectivity index (χ2n) is 10.3. The molecule has 198 valence electrons. The summed E-state index contributed by atoms with van der Waals surface area (Å²) in [5.41, 5.74) is -0.269. The van der Waals surface area contributed by atoms with E-state index in [0.717, 1.165) is 6.20 Å². The molecule has 38 heavy (non-hydrogen) atoms. The Morgan fingerprint density at radius 1 is 1.00 bits per heavy atom. The van der Waals surface area contributed by atoms with E-state index < -0.39 is 28.8 Å². The van der Waals surface area contributed by atoms with Crippen molar-refractivity contribution in [2.45, 2.75) is 69.4 Å². The summed E-state index contributed by atoms with van der Waals surface area (Å²) in [5.74, 6) is -3.90. The van der Waals surface area contributed by atoms with E-state index in [1.54, 1.807) is 25.3 Å². The molecular formula is C25H23F5N8. The van der Waals surface area contributed by atoms with E-state index >= 15 is 0 Å². The number of aryl methyl sites for hydroxylation is 1. The SMILES string of the molecule is C[C@@]1(CCc2nc(Nc3ccnc(C4(C#N)CC4)c3)nc(-c3ccnc(C(F)(F)F)n3)n2)CCC(F)(F)C1. The van der Waals surface area contributed by atoms with Gasteiger partial charge in [-0.05, 0) is 49.3 Å². The summed E-state index contributed by atoms with van der Waals surface area (Å²) in [7, 11) is 0. The Balaban J connectivity index is 1.47. The van der Waals surface area contributed by atoms with Gasteiger partial charge < -0.3 is 5.32 Å². The lowest BCUT2D eigenvalue weighted by Crippen LogP contribution is -2.18. The van der Waals surface area contributed by atoms with Gasteiger partial charge in [0.2, 0.25) is 17.7 Å². The van der Waals surface area contributed by atoms with Gasteiger partial charge in [-0.25, -0.2) is 23.7 Å². The minimum atomic E-state index is -4.76. The second-order valence-corrected chi connectivity index (χ2v) is 10.3. The molecule has 3 aromatic heterocycles. The molecule has 0 aliphatic heterocycles. The van der Waals surface area contributed by atoms with Gasteiger partial charge in [0.25, 0.3) is 0 Å². The molecule has 3 heterocycles. The topological polar surface area (TPSA) is 113 Å². The smallest absolute Gasteiger partial charge is 0.324 e. The van der Waals surface area contributed by atoms with Crippen molar-refractivity contribution in [3.8, 4) is 17.6 Å². The molecule has 2 aliphatic rings. The van der Waals surface area contributed by atoms with Crippen molar-refractivity contribution in [2.75, 3.05) is 5.32 Å². The van der Waals surface area contributed by atoms with Crippen molar-refractivity contribution < 1.29 is 22.0 Å². The molecule has 0 spiro atoms. The van der Waals surface area contributed by atoms with Crippen molar-refractivity contribution in [1.29, 1.82) is 5.26 Å². The van der Waals surface area contributed by atoms with Crippen LogP contribution < -0.4 is 5.32 Å². The highest BCUT2D eigenvalue weighted by Crippen LogP contribution is 2.49. The highest BCUT2D eigenvalue weighted by atomic mass is 19.4. The van der Waals surface area contributed by atoms with Crippen LogP contribution in [0, 0.1) is 16.7 Å². The quantitative estimate of drug-likeness (QED) is 0.382. The second kappa shape index (κ2) is 9.18. The number of nitrogens with zero attached hydrogens (tertiary/aromatic N) is 7. The molecule has 2 fully saturated rings. The third-order valence-electron chi connectivity index (χ3n) is 7.02. The lowest BCUT2D eigenvalue weighted by molar-refractivity contribution is -0.144. The van der Waals surface area contributed by atoms with Crippen molar-refractivity contribution in [3.63, 3.8) is 0 Å². The lowest BCUT2D eigenvalue weighted by atomic mass is 9.83. The van der Waals surface area contributed by atoms with Crippen molar-refractivity contribution in [2.24, 2.45) is 5.41 Å². The number of nitriles is 1. The lowest BCUT2D eigenvalue weighted by Gasteiger charge is -2.23. The molecule has 0 saturated heterocycles. The van der Waals surface area contributed by atoms with Crippen molar-refractivity contribution in [3.05, 3.63) is 47.9 Å². The number of anilines is 2. The third-order valence-corrected chi connectivity index (χ3v) is 7.02. The van der Waals surface area contributed by atoms with E-state index in [1.807, 2.05) is 0 Å². The summed E-state index contributed by atoms with van der Waals surface area (Å²) in [5, 5.41) is 12.5. The maximum atomic E-state index is 13.9. The van der Waals surface area contributed by atoms with Crippen LogP contribution in [0.4, 0.5) is 33.6 Å². The molecule has 0 unspecified atom stereocenters.